The second-order valence-electron chi connectivity index (χ2n) is 3.65. The van der Waals surface area contributed by atoms with Gasteiger partial charge in [0.05, 0.1) is 6.04 Å². The lowest BCUT2D eigenvalue weighted by Crippen LogP contribution is -2.29. The number of halogens is 2. The van der Waals surface area contributed by atoms with Crippen molar-refractivity contribution in [1.82, 2.24) is 5.43 Å². The SMILES string of the molecule is NNC(c1cc(Br)ccc1Cl)C1CC1. The maximum atomic E-state index is 6.13. The molecule has 0 amide bonds. The highest BCUT2D eigenvalue weighted by Crippen LogP contribution is 2.42. The van der Waals surface area contributed by atoms with Gasteiger partial charge < -0.3 is 0 Å². The molecule has 4 heteroatoms. The Morgan fingerprint density at radius 2 is 2.21 bits per heavy atom. The molecule has 1 saturated carbocycles. The van der Waals surface area contributed by atoms with Gasteiger partial charge in [0, 0.05) is 9.50 Å². The topological polar surface area (TPSA) is 38.0 Å². The maximum Gasteiger partial charge on any atom is 0.0503 e. The van der Waals surface area contributed by atoms with Crippen LogP contribution in [-0.4, -0.2) is 0 Å². The van der Waals surface area contributed by atoms with Gasteiger partial charge in [-0.2, -0.15) is 0 Å². The quantitative estimate of drug-likeness (QED) is 0.657. The number of rotatable bonds is 3. The minimum Gasteiger partial charge on any atom is -0.271 e. The molecule has 14 heavy (non-hydrogen) atoms. The molecule has 0 spiro atoms. The molecular weight excluding hydrogens is 263 g/mol. The Balaban J connectivity index is 2.32. The summed E-state index contributed by atoms with van der Waals surface area (Å²) in [6.07, 6.45) is 2.47. The van der Waals surface area contributed by atoms with Crippen molar-refractivity contribution in [2.75, 3.05) is 0 Å². The summed E-state index contributed by atoms with van der Waals surface area (Å²) >= 11 is 9.56. The first-order chi connectivity index (χ1) is 6.72. The van der Waals surface area contributed by atoms with Crippen LogP contribution in [0.25, 0.3) is 0 Å². The average Bonchev–Trinajstić information content (AvgIpc) is 2.96. The molecule has 0 aliphatic heterocycles. The third-order valence-corrected chi connectivity index (χ3v) is 3.40. The molecule has 1 aliphatic carbocycles. The smallest absolute Gasteiger partial charge is 0.0503 e. The van der Waals surface area contributed by atoms with Gasteiger partial charge in [-0.3, -0.25) is 11.3 Å². The Hall–Kier alpha value is -0.0900. The second kappa shape index (κ2) is 4.19. The number of hydrogen-bond acceptors (Lipinski definition) is 2. The van der Waals surface area contributed by atoms with Crippen LogP contribution >= 0.6 is 27.5 Å². The van der Waals surface area contributed by atoms with Gasteiger partial charge in [0.25, 0.3) is 0 Å². The molecule has 2 rings (SSSR count). The van der Waals surface area contributed by atoms with Crippen LogP contribution < -0.4 is 11.3 Å². The van der Waals surface area contributed by atoms with Crippen molar-refractivity contribution in [1.29, 1.82) is 0 Å². The molecule has 0 saturated heterocycles. The van der Waals surface area contributed by atoms with E-state index in [1.165, 1.54) is 12.8 Å². The predicted molar refractivity (Wildman–Crippen MR) is 61.9 cm³/mol. The fourth-order valence-electron chi connectivity index (χ4n) is 1.66. The normalized spacial score (nSPS) is 18.2. The van der Waals surface area contributed by atoms with Gasteiger partial charge >= 0.3 is 0 Å². The number of benzene rings is 1. The van der Waals surface area contributed by atoms with Gasteiger partial charge in [-0.25, -0.2) is 0 Å². The van der Waals surface area contributed by atoms with Crippen LogP contribution in [0.15, 0.2) is 22.7 Å². The van der Waals surface area contributed by atoms with E-state index in [0.29, 0.717) is 5.92 Å². The molecule has 1 aliphatic rings. The number of nitrogens with one attached hydrogen (secondary N) is 1. The lowest BCUT2D eigenvalue weighted by molar-refractivity contribution is 0.497. The van der Waals surface area contributed by atoms with Gasteiger partial charge in [0.15, 0.2) is 0 Å². The lowest BCUT2D eigenvalue weighted by Gasteiger charge is -2.17. The van der Waals surface area contributed by atoms with Gasteiger partial charge in [-0.1, -0.05) is 27.5 Å². The van der Waals surface area contributed by atoms with Gasteiger partial charge in [0.1, 0.15) is 0 Å². The lowest BCUT2D eigenvalue weighted by atomic mass is 10.0. The molecule has 0 radical (unpaired) electrons. The Morgan fingerprint density at radius 3 is 2.79 bits per heavy atom. The summed E-state index contributed by atoms with van der Waals surface area (Å²) in [5, 5.41) is 0.781. The standard InChI is InChI=1S/C10H12BrClN2/c11-7-3-4-9(12)8(5-7)10(14-13)6-1-2-6/h3-6,10,14H,1-2,13H2. The van der Waals surface area contributed by atoms with E-state index in [9.17, 15) is 0 Å². The number of hydrazine groups is 1. The summed E-state index contributed by atoms with van der Waals surface area (Å²) in [6, 6.07) is 6.06. The molecule has 2 nitrogen and oxygen atoms in total. The van der Waals surface area contributed by atoms with Crippen molar-refractivity contribution in [3.05, 3.63) is 33.3 Å². The molecule has 1 aromatic carbocycles. The molecule has 1 aromatic rings. The highest BCUT2D eigenvalue weighted by molar-refractivity contribution is 9.10. The van der Waals surface area contributed by atoms with Crippen molar-refractivity contribution in [3.8, 4) is 0 Å². The third kappa shape index (κ3) is 2.11. The molecule has 0 heterocycles. The van der Waals surface area contributed by atoms with Crippen LogP contribution in [0.2, 0.25) is 5.02 Å². The van der Waals surface area contributed by atoms with Crippen LogP contribution in [0, 0.1) is 5.92 Å². The molecular formula is C10H12BrClN2. The van der Waals surface area contributed by atoms with Crippen molar-refractivity contribution in [3.63, 3.8) is 0 Å². The van der Waals surface area contributed by atoms with Crippen molar-refractivity contribution >= 4 is 27.5 Å². The summed E-state index contributed by atoms with van der Waals surface area (Å²) in [6.45, 7) is 0. The minimum absolute atomic E-state index is 0.194. The minimum atomic E-state index is 0.194. The largest absolute Gasteiger partial charge is 0.271 e. The predicted octanol–water partition coefficient (Wildman–Crippen LogP) is 3.02. The summed E-state index contributed by atoms with van der Waals surface area (Å²) in [5.41, 5.74) is 3.93. The number of nitrogens with two attached hydrogens (primary N) is 1. The maximum absolute atomic E-state index is 6.13. The van der Waals surface area contributed by atoms with E-state index in [2.05, 4.69) is 21.4 Å². The highest BCUT2D eigenvalue weighted by Gasteiger charge is 2.32. The Labute approximate surface area is 96.9 Å². The van der Waals surface area contributed by atoms with Crippen LogP contribution in [0.3, 0.4) is 0 Å². The van der Waals surface area contributed by atoms with Gasteiger partial charge in [-0.15, -0.1) is 0 Å². The zero-order chi connectivity index (χ0) is 10.1. The molecule has 1 fully saturated rings. The highest BCUT2D eigenvalue weighted by atomic mass is 79.9. The molecule has 1 unspecified atom stereocenters. The average molecular weight is 276 g/mol. The molecule has 0 bridgehead atoms. The zero-order valence-electron chi connectivity index (χ0n) is 7.63. The molecule has 76 valence electrons. The summed E-state index contributed by atoms with van der Waals surface area (Å²) in [4.78, 5) is 0. The van der Waals surface area contributed by atoms with E-state index in [4.69, 9.17) is 17.4 Å². The summed E-state index contributed by atoms with van der Waals surface area (Å²) < 4.78 is 1.04. The van der Waals surface area contributed by atoms with Crippen LogP contribution in [0.4, 0.5) is 0 Å². The first-order valence-electron chi connectivity index (χ1n) is 4.63. The van der Waals surface area contributed by atoms with Crippen molar-refractivity contribution in [2.24, 2.45) is 11.8 Å². The van der Waals surface area contributed by atoms with E-state index < -0.39 is 0 Å². The van der Waals surface area contributed by atoms with Crippen LogP contribution in [0.1, 0.15) is 24.4 Å². The second-order valence-corrected chi connectivity index (χ2v) is 4.97. The van der Waals surface area contributed by atoms with E-state index in [1.54, 1.807) is 0 Å². The van der Waals surface area contributed by atoms with Crippen molar-refractivity contribution < 1.29 is 0 Å². The van der Waals surface area contributed by atoms with Crippen LogP contribution in [0.5, 0.6) is 0 Å². The number of hydrogen-bond donors (Lipinski definition) is 2. The fraction of sp³-hybridized carbons (Fsp3) is 0.400. The Kier molecular flexibility index (Phi) is 3.12. The molecule has 0 aromatic heterocycles. The Morgan fingerprint density at radius 1 is 1.50 bits per heavy atom. The molecule has 3 N–H and O–H groups in total. The third-order valence-electron chi connectivity index (χ3n) is 2.57. The van der Waals surface area contributed by atoms with Crippen LogP contribution in [-0.2, 0) is 0 Å². The van der Waals surface area contributed by atoms with E-state index in [1.807, 2.05) is 18.2 Å². The first kappa shape index (κ1) is 10.4. The van der Waals surface area contributed by atoms with E-state index in [0.717, 1.165) is 15.1 Å². The van der Waals surface area contributed by atoms with E-state index >= 15 is 0 Å². The summed E-state index contributed by atoms with van der Waals surface area (Å²) in [5.74, 6) is 6.19. The first-order valence-corrected chi connectivity index (χ1v) is 5.80. The molecule has 1 atom stereocenters. The van der Waals surface area contributed by atoms with Gasteiger partial charge in [-0.05, 0) is 42.5 Å². The summed E-state index contributed by atoms with van der Waals surface area (Å²) in [7, 11) is 0. The Bertz CT molecular complexity index is 339. The van der Waals surface area contributed by atoms with Gasteiger partial charge in [0.2, 0.25) is 0 Å². The fourth-order valence-corrected chi connectivity index (χ4v) is 2.28. The monoisotopic (exact) mass is 274 g/mol. The van der Waals surface area contributed by atoms with E-state index in [-0.39, 0.29) is 6.04 Å². The van der Waals surface area contributed by atoms with Crippen molar-refractivity contribution in [2.45, 2.75) is 18.9 Å². The zero-order valence-corrected chi connectivity index (χ0v) is 9.98.